The molecular formula is C24H25N5O4. The lowest BCUT2D eigenvalue weighted by atomic mass is 10.2. The van der Waals surface area contributed by atoms with Crippen molar-refractivity contribution in [2.24, 2.45) is 0 Å². The van der Waals surface area contributed by atoms with Crippen molar-refractivity contribution in [1.29, 1.82) is 0 Å². The first-order valence-corrected chi connectivity index (χ1v) is 10.8. The van der Waals surface area contributed by atoms with Crippen LogP contribution in [0.4, 0.5) is 5.82 Å². The standard InChI is InChI=1S/C24H25N5O4/c1-31-18-10-9-14(12-19(18)32-2)29-22(25)20(24(30)26-13-15-6-5-11-33-15)21-23(29)28-17-8-4-3-7-16(17)27-21/h3-4,7-10,12,15H,5-6,11,13,25H2,1-2H3,(H,26,30)/t15-/m0/s1. The molecule has 0 saturated carbocycles. The minimum absolute atomic E-state index is 0.0151. The molecule has 1 aliphatic rings. The number of carbonyl (C=O) groups excluding carboxylic acids is 1. The third-order valence-corrected chi connectivity index (χ3v) is 5.86. The van der Waals surface area contributed by atoms with E-state index in [2.05, 4.69) is 5.32 Å². The van der Waals surface area contributed by atoms with E-state index in [-0.39, 0.29) is 23.4 Å². The molecular weight excluding hydrogens is 422 g/mol. The monoisotopic (exact) mass is 447 g/mol. The lowest BCUT2D eigenvalue weighted by Crippen LogP contribution is -2.32. The molecule has 170 valence electrons. The summed E-state index contributed by atoms with van der Waals surface area (Å²) in [5, 5.41) is 2.96. The number of benzene rings is 2. The molecule has 2 aromatic heterocycles. The molecule has 9 heteroatoms. The van der Waals surface area contributed by atoms with Crippen LogP contribution >= 0.6 is 0 Å². The Bertz CT molecular complexity index is 1340. The Kier molecular flexibility index (Phi) is 5.47. The lowest BCUT2D eigenvalue weighted by Gasteiger charge is -2.13. The number of aromatic nitrogens is 3. The number of nitrogen functional groups attached to an aromatic ring is 1. The van der Waals surface area contributed by atoms with Gasteiger partial charge in [0.2, 0.25) is 0 Å². The highest BCUT2D eigenvalue weighted by Gasteiger charge is 2.26. The number of hydrogen-bond acceptors (Lipinski definition) is 7. The zero-order chi connectivity index (χ0) is 22.9. The quantitative estimate of drug-likeness (QED) is 0.467. The van der Waals surface area contributed by atoms with Gasteiger partial charge in [-0.1, -0.05) is 12.1 Å². The van der Waals surface area contributed by atoms with Crippen molar-refractivity contribution in [2.75, 3.05) is 33.1 Å². The molecule has 1 fully saturated rings. The van der Waals surface area contributed by atoms with Crippen LogP contribution in [0.25, 0.3) is 27.9 Å². The molecule has 0 unspecified atom stereocenters. The summed E-state index contributed by atoms with van der Waals surface area (Å²) in [4.78, 5) is 22.8. The predicted octanol–water partition coefficient (Wildman–Crippen LogP) is 3.08. The van der Waals surface area contributed by atoms with Crippen molar-refractivity contribution in [3.63, 3.8) is 0 Å². The molecule has 0 spiro atoms. The Morgan fingerprint density at radius 3 is 2.61 bits per heavy atom. The maximum Gasteiger partial charge on any atom is 0.257 e. The number of para-hydroxylation sites is 2. The van der Waals surface area contributed by atoms with Crippen LogP contribution in [0, 0.1) is 0 Å². The molecule has 1 atom stereocenters. The molecule has 3 N–H and O–H groups in total. The summed E-state index contributed by atoms with van der Waals surface area (Å²) >= 11 is 0. The topological polar surface area (TPSA) is 114 Å². The van der Waals surface area contributed by atoms with Crippen LogP contribution in [0.5, 0.6) is 11.5 Å². The van der Waals surface area contributed by atoms with E-state index in [4.69, 9.17) is 29.9 Å². The molecule has 3 heterocycles. The Hall–Kier alpha value is -3.85. The van der Waals surface area contributed by atoms with Crippen molar-refractivity contribution >= 4 is 33.9 Å². The summed E-state index contributed by atoms with van der Waals surface area (Å²) in [5.74, 6) is 1.06. The summed E-state index contributed by atoms with van der Waals surface area (Å²) in [5.41, 5.74) is 9.85. The molecule has 5 rings (SSSR count). The molecule has 0 bridgehead atoms. The number of nitrogens with one attached hydrogen (secondary N) is 1. The Labute approximate surface area is 190 Å². The van der Waals surface area contributed by atoms with Crippen LogP contribution in [-0.4, -0.2) is 53.9 Å². The molecule has 33 heavy (non-hydrogen) atoms. The van der Waals surface area contributed by atoms with E-state index in [1.54, 1.807) is 30.9 Å². The van der Waals surface area contributed by atoms with E-state index in [1.807, 2.05) is 30.3 Å². The minimum Gasteiger partial charge on any atom is -0.493 e. The molecule has 0 aliphatic carbocycles. The first-order chi connectivity index (χ1) is 16.1. The van der Waals surface area contributed by atoms with Crippen molar-refractivity contribution < 1.29 is 19.0 Å². The van der Waals surface area contributed by atoms with Crippen LogP contribution in [0.2, 0.25) is 0 Å². The van der Waals surface area contributed by atoms with Crippen LogP contribution < -0.4 is 20.5 Å². The molecule has 2 aromatic carbocycles. The number of rotatable bonds is 6. The molecule has 0 radical (unpaired) electrons. The van der Waals surface area contributed by atoms with Crippen molar-refractivity contribution in [3.8, 4) is 17.2 Å². The minimum atomic E-state index is -0.309. The third-order valence-electron chi connectivity index (χ3n) is 5.86. The van der Waals surface area contributed by atoms with Gasteiger partial charge in [-0.2, -0.15) is 0 Å². The summed E-state index contributed by atoms with van der Waals surface area (Å²) in [7, 11) is 3.14. The number of carbonyl (C=O) groups is 1. The second-order valence-electron chi connectivity index (χ2n) is 7.86. The number of amides is 1. The highest BCUT2D eigenvalue weighted by atomic mass is 16.5. The van der Waals surface area contributed by atoms with Gasteiger partial charge in [-0.05, 0) is 37.1 Å². The van der Waals surface area contributed by atoms with E-state index in [0.717, 1.165) is 19.4 Å². The van der Waals surface area contributed by atoms with Gasteiger partial charge in [0.25, 0.3) is 5.91 Å². The number of fused-ring (bicyclic) bond motifs is 2. The summed E-state index contributed by atoms with van der Waals surface area (Å²) in [6.07, 6.45) is 1.94. The largest absolute Gasteiger partial charge is 0.493 e. The fourth-order valence-corrected chi connectivity index (χ4v) is 4.21. The number of methoxy groups -OCH3 is 2. The molecule has 1 amide bonds. The van der Waals surface area contributed by atoms with Gasteiger partial charge in [-0.3, -0.25) is 9.36 Å². The van der Waals surface area contributed by atoms with E-state index < -0.39 is 0 Å². The van der Waals surface area contributed by atoms with Gasteiger partial charge in [-0.25, -0.2) is 9.97 Å². The average Bonchev–Trinajstić information content (AvgIpc) is 3.46. The smallest absolute Gasteiger partial charge is 0.257 e. The van der Waals surface area contributed by atoms with Crippen molar-refractivity contribution in [3.05, 3.63) is 48.0 Å². The SMILES string of the molecule is COc1ccc(-n2c(N)c(C(=O)NC[C@@H]3CCCO3)c3nc4ccccc4nc32)cc1OC. The van der Waals surface area contributed by atoms with Gasteiger partial charge in [0.1, 0.15) is 16.9 Å². The van der Waals surface area contributed by atoms with Crippen LogP contribution in [0.15, 0.2) is 42.5 Å². The van der Waals surface area contributed by atoms with Gasteiger partial charge < -0.3 is 25.3 Å². The van der Waals surface area contributed by atoms with E-state index >= 15 is 0 Å². The fourth-order valence-electron chi connectivity index (χ4n) is 4.21. The fraction of sp³-hybridized carbons (Fsp3) is 0.292. The first kappa shape index (κ1) is 21.0. The van der Waals surface area contributed by atoms with Crippen LogP contribution in [0.3, 0.4) is 0 Å². The van der Waals surface area contributed by atoms with E-state index in [9.17, 15) is 4.79 Å². The maximum absolute atomic E-state index is 13.3. The second-order valence-corrected chi connectivity index (χ2v) is 7.86. The highest BCUT2D eigenvalue weighted by molar-refractivity contribution is 6.11. The number of hydrogen-bond donors (Lipinski definition) is 2. The van der Waals surface area contributed by atoms with Crippen molar-refractivity contribution in [2.45, 2.75) is 18.9 Å². The summed E-state index contributed by atoms with van der Waals surface area (Å²) < 4.78 is 18.2. The summed E-state index contributed by atoms with van der Waals surface area (Å²) in [6, 6.07) is 12.9. The predicted molar refractivity (Wildman–Crippen MR) is 125 cm³/mol. The number of nitrogens with zero attached hydrogens (tertiary/aromatic N) is 3. The number of anilines is 1. The van der Waals surface area contributed by atoms with Gasteiger partial charge in [0.05, 0.1) is 37.0 Å². The zero-order valence-corrected chi connectivity index (χ0v) is 18.5. The Morgan fingerprint density at radius 1 is 1.15 bits per heavy atom. The average molecular weight is 447 g/mol. The van der Waals surface area contributed by atoms with Crippen molar-refractivity contribution in [1.82, 2.24) is 19.9 Å². The van der Waals surface area contributed by atoms with Gasteiger partial charge in [0, 0.05) is 19.2 Å². The van der Waals surface area contributed by atoms with E-state index in [1.165, 1.54) is 0 Å². The summed E-state index contributed by atoms with van der Waals surface area (Å²) in [6.45, 7) is 1.14. The molecule has 1 aliphatic heterocycles. The molecule has 9 nitrogen and oxygen atoms in total. The first-order valence-electron chi connectivity index (χ1n) is 10.8. The maximum atomic E-state index is 13.3. The van der Waals surface area contributed by atoms with Crippen LogP contribution in [-0.2, 0) is 4.74 Å². The Balaban J connectivity index is 1.67. The normalized spacial score (nSPS) is 15.8. The molecule has 4 aromatic rings. The molecule has 1 saturated heterocycles. The van der Waals surface area contributed by atoms with Gasteiger partial charge >= 0.3 is 0 Å². The second kappa shape index (κ2) is 8.59. The van der Waals surface area contributed by atoms with Gasteiger partial charge in [0.15, 0.2) is 17.1 Å². The Morgan fingerprint density at radius 2 is 1.91 bits per heavy atom. The third kappa shape index (κ3) is 3.70. The van der Waals surface area contributed by atoms with E-state index in [0.29, 0.717) is 45.9 Å². The van der Waals surface area contributed by atoms with Crippen LogP contribution in [0.1, 0.15) is 23.2 Å². The number of nitrogens with two attached hydrogens (primary N) is 1. The zero-order valence-electron chi connectivity index (χ0n) is 18.5. The number of ether oxygens (including phenoxy) is 3. The lowest BCUT2D eigenvalue weighted by molar-refractivity contribution is 0.0859. The van der Waals surface area contributed by atoms with Gasteiger partial charge in [-0.15, -0.1) is 0 Å². The highest BCUT2D eigenvalue weighted by Crippen LogP contribution is 2.35.